The zero-order chi connectivity index (χ0) is 19.3. The lowest BCUT2D eigenvalue weighted by molar-refractivity contribution is 0.454. The number of rotatable bonds is 7. The molecular formula is C22H20FN3O2. The van der Waals surface area contributed by atoms with Crippen LogP contribution in [0.2, 0.25) is 0 Å². The van der Waals surface area contributed by atoms with E-state index in [2.05, 4.69) is 10.5 Å². The van der Waals surface area contributed by atoms with Crippen LogP contribution >= 0.6 is 0 Å². The number of nitrogens with zero attached hydrogens (tertiary/aromatic N) is 1. The van der Waals surface area contributed by atoms with Gasteiger partial charge in [-0.1, -0.05) is 29.4 Å². The third kappa shape index (κ3) is 4.29. The summed E-state index contributed by atoms with van der Waals surface area (Å²) in [6, 6.07) is 19.9. The van der Waals surface area contributed by atoms with Crippen LogP contribution in [0.5, 0.6) is 11.5 Å². The van der Waals surface area contributed by atoms with Crippen molar-refractivity contribution in [1.29, 1.82) is 0 Å². The molecule has 1 heterocycles. The average Bonchev–Trinajstić information content (AvgIpc) is 3.08. The van der Waals surface area contributed by atoms with E-state index >= 15 is 0 Å². The van der Waals surface area contributed by atoms with Gasteiger partial charge in [-0.3, -0.25) is 0 Å². The number of nitrogen functional groups attached to an aromatic ring is 1. The molecule has 0 radical (unpaired) electrons. The predicted molar refractivity (Wildman–Crippen MR) is 107 cm³/mol. The number of hydrogen-bond donors (Lipinski definition) is 2. The fourth-order valence-corrected chi connectivity index (χ4v) is 2.93. The van der Waals surface area contributed by atoms with Gasteiger partial charge < -0.3 is 20.3 Å². The molecule has 4 rings (SSSR count). The van der Waals surface area contributed by atoms with Crippen molar-refractivity contribution in [3.63, 3.8) is 0 Å². The zero-order valence-corrected chi connectivity index (χ0v) is 15.2. The van der Waals surface area contributed by atoms with Gasteiger partial charge in [0.2, 0.25) is 0 Å². The first-order valence-electron chi connectivity index (χ1n) is 9.04. The van der Waals surface area contributed by atoms with E-state index in [0.717, 1.165) is 41.8 Å². The molecule has 0 saturated heterocycles. The summed E-state index contributed by atoms with van der Waals surface area (Å²) in [4.78, 5) is 0. The highest BCUT2D eigenvalue weighted by Crippen LogP contribution is 2.28. The number of halogens is 1. The summed E-state index contributed by atoms with van der Waals surface area (Å²) in [6.07, 6.45) is 0.857. The summed E-state index contributed by atoms with van der Waals surface area (Å²) in [6.45, 7) is 1.58. The van der Waals surface area contributed by atoms with E-state index in [0.29, 0.717) is 17.2 Å². The van der Waals surface area contributed by atoms with Gasteiger partial charge in [-0.25, -0.2) is 4.39 Å². The Kier molecular flexibility index (Phi) is 5.21. The molecule has 5 nitrogen and oxygen atoms in total. The van der Waals surface area contributed by atoms with Gasteiger partial charge in [0.15, 0.2) is 11.4 Å². The van der Waals surface area contributed by atoms with Gasteiger partial charge in [0.25, 0.3) is 0 Å². The molecule has 0 unspecified atom stereocenters. The van der Waals surface area contributed by atoms with Gasteiger partial charge in [0, 0.05) is 12.6 Å². The highest BCUT2D eigenvalue weighted by atomic mass is 19.1. The van der Waals surface area contributed by atoms with Crippen molar-refractivity contribution in [3.05, 3.63) is 83.7 Å². The summed E-state index contributed by atoms with van der Waals surface area (Å²) in [5, 5.41) is 7.90. The smallest absolute Gasteiger partial charge is 0.174 e. The van der Waals surface area contributed by atoms with Gasteiger partial charge >= 0.3 is 0 Å². The topological polar surface area (TPSA) is 73.3 Å². The molecule has 1 aromatic heterocycles. The third-order valence-corrected chi connectivity index (χ3v) is 4.46. The summed E-state index contributed by atoms with van der Waals surface area (Å²) in [5.41, 5.74) is 8.58. The Hall–Kier alpha value is -3.38. The number of nitrogens with two attached hydrogens (primary N) is 1. The van der Waals surface area contributed by atoms with Crippen molar-refractivity contribution in [2.24, 2.45) is 0 Å². The summed E-state index contributed by atoms with van der Waals surface area (Å²) >= 11 is 0. The van der Waals surface area contributed by atoms with Crippen molar-refractivity contribution in [1.82, 2.24) is 10.5 Å². The lowest BCUT2D eigenvalue weighted by Gasteiger charge is -2.08. The molecule has 0 spiro atoms. The number of benzene rings is 3. The van der Waals surface area contributed by atoms with Gasteiger partial charge in [0.1, 0.15) is 17.3 Å². The molecule has 4 aromatic rings. The molecule has 6 heteroatoms. The molecule has 0 aliphatic rings. The normalized spacial score (nSPS) is 11.0. The summed E-state index contributed by atoms with van der Waals surface area (Å²) < 4.78 is 23.9. The van der Waals surface area contributed by atoms with Crippen LogP contribution in [0.4, 0.5) is 10.2 Å². The van der Waals surface area contributed by atoms with E-state index < -0.39 is 0 Å². The first-order chi connectivity index (χ1) is 13.7. The largest absolute Gasteiger partial charge is 0.457 e. The maximum absolute atomic E-state index is 12.9. The second-order valence-corrected chi connectivity index (χ2v) is 6.53. The highest BCUT2D eigenvalue weighted by Gasteiger charge is 2.07. The van der Waals surface area contributed by atoms with Crippen molar-refractivity contribution in [3.8, 4) is 11.5 Å². The monoisotopic (exact) mass is 377 g/mol. The van der Waals surface area contributed by atoms with E-state index in [4.69, 9.17) is 15.0 Å². The van der Waals surface area contributed by atoms with Gasteiger partial charge in [0.05, 0.1) is 5.39 Å². The fourth-order valence-electron chi connectivity index (χ4n) is 2.93. The molecule has 0 bridgehead atoms. The van der Waals surface area contributed by atoms with Crippen LogP contribution in [0.3, 0.4) is 0 Å². The summed E-state index contributed by atoms with van der Waals surface area (Å²) in [7, 11) is 0. The van der Waals surface area contributed by atoms with Crippen molar-refractivity contribution in [2.75, 3.05) is 12.3 Å². The lowest BCUT2D eigenvalue weighted by Crippen LogP contribution is -2.16. The number of nitrogens with one attached hydrogen (secondary N) is 1. The average molecular weight is 377 g/mol. The van der Waals surface area contributed by atoms with Crippen molar-refractivity contribution in [2.45, 2.75) is 13.0 Å². The van der Waals surface area contributed by atoms with Crippen LogP contribution < -0.4 is 15.8 Å². The van der Waals surface area contributed by atoms with Crippen LogP contribution in [0.15, 0.2) is 71.3 Å². The number of ether oxygens (including phenoxy) is 1. The Labute approximate surface area is 161 Å². The van der Waals surface area contributed by atoms with Crippen molar-refractivity contribution < 1.29 is 13.7 Å². The van der Waals surface area contributed by atoms with Crippen LogP contribution in [0.25, 0.3) is 11.0 Å². The fraction of sp³-hybridized carbons (Fsp3) is 0.136. The molecule has 28 heavy (non-hydrogen) atoms. The summed E-state index contributed by atoms with van der Waals surface area (Å²) in [5.74, 6) is 1.57. The van der Waals surface area contributed by atoms with E-state index in [1.165, 1.54) is 12.1 Å². The molecule has 0 fully saturated rings. The van der Waals surface area contributed by atoms with Gasteiger partial charge in [-0.2, -0.15) is 0 Å². The number of aromatic nitrogens is 1. The molecule has 0 aliphatic carbocycles. The Morgan fingerprint density at radius 2 is 1.64 bits per heavy atom. The molecular weight excluding hydrogens is 357 g/mol. The minimum Gasteiger partial charge on any atom is -0.457 e. The maximum atomic E-state index is 12.9. The zero-order valence-electron chi connectivity index (χ0n) is 15.2. The van der Waals surface area contributed by atoms with E-state index in [9.17, 15) is 4.39 Å². The Morgan fingerprint density at radius 1 is 0.929 bits per heavy atom. The first-order valence-corrected chi connectivity index (χ1v) is 9.04. The molecule has 0 atom stereocenters. The molecule has 0 saturated carbocycles. The Morgan fingerprint density at radius 3 is 2.43 bits per heavy atom. The van der Waals surface area contributed by atoms with Crippen LogP contribution in [-0.4, -0.2) is 11.7 Å². The van der Waals surface area contributed by atoms with E-state index in [-0.39, 0.29) is 5.82 Å². The number of fused-ring (bicyclic) bond motifs is 1. The Balaban J connectivity index is 1.28. The minimum atomic E-state index is -0.205. The molecule has 0 aliphatic heterocycles. The quantitative estimate of drug-likeness (QED) is 0.458. The molecule has 3 aromatic carbocycles. The minimum absolute atomic E-state index is 0.205. The molecule has 0 amide bonds. The van der Waals surface area contributed by atoms with Crippen LogP contribution in [-0.2, 0) is 13.0 Å². The van der Waals surface area contributed by atoms with Gasteiger partial charge in [-0.05, 0) is 60.5 Å². The molecule has 3 N–H and O–H groups in total. The number of anilines is 1. The third-order valence-electron chi connectivity index (χ3n) is 4.46. The standard InChI is InChI=1S/C22H20FN3O2/c23-17-5-1-15(2-6-17)11-12-25-14-16-3-7-18(8-4-16)27-19-9-10-20-21(13-19)28-26-22(20)24/h1-10,13,25H,11-12,14H2,(H2,24,26). The lowest BCUT2D eigenvalue weighted by atomic mass is 10.1. The first kappa shape index (κ1) is 18.0. The molecule has 142 valence electrons. The van der Waals surface area contributed by atoms with E-state index in [1.54, 1.807) is 6.07 Å². The van der Waals surface area contributed by atoms with E-state index in [1.807, 2.05) is 48.5 Å². The highest BCUT2D eigenvalue weighted by molar-refractivity contribution is 5.87. The maximum Gasteiger partial charge on any atom is 0.174 e. The number of hydrogen-bond acceptors (Lipinski definition) is 5. The van der Waals surface area contributed by atoms with Crippen molar-refractivity contribution >= 4 is 16.8 Å². The SMILES string of the molecule is Nc1noc2cc(Oc3ccc(CNCCc4ccc(F)cc4)cc3)ccc12. The van der Waals surface area contributed by atoms with Crippen LogP contribution in [0, 0.1) is 5.82 Å². The second-order valence-electron chi connectivity index (χ2n) is 6.53. The van der Waals surface area contributed by atoms with Gasteiger partial charge in [-0.15, -0.1) is 0 Å². The predicted octanol–water partition coefficient (Wildman–Crippen LogP) is 4.67. The van der Waals surface area contributed by atoms with Crippen LogP contribution in [0.1, 0.15) is 11.1 Å². The second kappa shape index (κ2) is 8.10. The Bertz CT molecular complexity index is 1060.